The van der Waals surface area contributed by atoms with Gasteiger partial charge >= 0.3 is 0 Å². The molecule has 22 heavy (non-hydrogen) atoms. The van der Waals surface area contributed by atoms with Crippen molar-refractivity contribution in [2.75, 3.05) is 14.1 Å². The van der Waals surface area contributed by atoms with Crippen molar-refractivity contribution >= 4 is 44.4 Å². The van der Waals surface area contributed by atoms with Crippen molar-refractivity contribution in [3.8, 4) is 17.1 Å². The van der Waals surface area contributed by atoms with Crippen LogP contribution in [-0.2, 0) is 0 Å². The van der Waals surface area contributed by atoms with Crippen molar-refractivity contribution in [3.05, 3.63) is 46.9 Å². The van der Waals surface area contributed by atoms with Crippen LogP contribution in [0.15, 0.2) is 46.9 Å². The minimum Gasteiger partial charge on any atom is -0.431 e. The van der Waals surface area contributed by atoms with E-state index in [2.05, 4.69) is 25.9 Å². The maximum absolute atomic E-state index is 5.81. The van der Waals surface area contributed by atoms with Gasteiger partial charge in [-0.2, -0.15) is 0 Å². The fourth-order valence-corrected chi connectivity index (χ4v) is 2.47. The third kappa shape index (κ3) is 2.98. The van der Waals surface area contributed by atoms with Gasteiger partial charge in [-0.05, 0) is 42.5 Å². The molecule has 0 saturated heterocycles. The highest BCUT2D eigenvalue weighted by Gasteiger charge is 2.14. The summed E-state index contributed by atoms with van der Waals surface area (Å²) in [6.07, 6.45) is 0. The molecule has 4 nitrogen and oxygen atoms in total. The summed E-state index contributed by atoms with van der Waals surface area (Å²) in [5.41, 5.74) is 2.77. The second-order valence-corrected chi connectivity index (χ2v) is 6.27. The molecule has 0 atom stereocenters. The van der Waals surface area contributed by atoms with E-state index in [1.807, 2.05) is 56.6 Å². The van der Waals surface area contributed by atoms with Gasteiger partial charge < -0.3 is 14.6 Å². The number of imidazole rings is 1. The molecular weight excluding hydrogens is 362 g/mol. The Hall–Kier alpha value is -1.92. The van der Waals surface area contributed by atoms with Crippen LogP contribution in [0.2, 0.25) is 0 Å². The van der Waals surface area contributed by atoms with Gasteiger partial charge in [0.25, 0.3) is 5.17 Å². The summed E-state index contributed by atoms with van der Waals surface area (Å²) in [6.45, 7) is 0. The smallest absolute Gasteiger partial charge is 0.264 e. The zero-order chi connectivity index (χ0) is 15.7. The molecule has 1 heterocycles. The molecule has 0 saturated carbocycles. The number of rotatable bonds is 2. The van der Waals surface area contributed by atoms with Crippen LogP contribution in [0.25, 0.3) is 22.4 Å². The monoisotopic (exact) mass is 375 g/mol. The molecule has 6 heteroatoms. The lowest BCUT2D eigenvalue weighted by molar-refractivity contribution is 0.450. The van der Waals surface area contributed by atoms with Crippen molar-refractivity contribution in [1.29, 1.82) is 0 Å². The first-order chi connectivity index (χ1) is 10.5. The molecule has 0 spiro atoms. The van der Waals surface area contributed by atoms with E-state index in [-0.39, 0.29) is 0 Å². The van der Waals surface area contributed by atoms with E-state index >= 15 is 0 Å². The highest BCUT2D eigenvalue weighted by Crippen LogP contribution is 2.32. The number of fused-ring (bicyclic) bond motifs is 1. The molecule has 0 aliphatic heterocycles. The molecule has 0 bridgehead atoms. The van der Waals surface area contributed by atoms with Gasteiger partial charge in [0.2, 0.25) is 0 Å². The molecule has 112 valence electrons. The predicted molar refractivity (Wildman–Crippen MR) is 96.1 cm³/mol. The number of para-hydroxylation sites is 2. The lowest BCUT2D eigenvalue weighted by Crippen LogP contribution is -2.25. The van der Waals surface area contributed by atoms with Crippen molar-refractivity contribution in [2.24, 2.45) is 0 Å². The Morgan fingerprint density at radius 1 is 1.23 bits per heavy atom. The average molecular weight is 376 g/mol. The largest absolute Gasteiger partial charge is 0.431 e. The Balaban J connectivity index is 2.07. The van der Waals surface area contributed by atoms with Crippen LogP contribution in [0.1, 0.15) is 0 Å². The summed E-state index contributed by atoms with van der Waals surface area (Å²) in [7, 11) is 3.70. The van der Waals surface area contributed by atoms with Crippen LogP contribution in [0, 0.1) is 0 Å². The first-order valence-corrected chi connectivity index (χ1v) is 7.88. The number of nitrogens with one attached hydrogen (secondary N) is 1. The predicted octanol–water partition coefficient (Wildman–Crippen LogP) is 4.22. The Morgan fingerprint density at radius 2 is 2.00 bits per heavy atom. The first kappa shape index (κ1) is 15.0. The summed E-state index contributed by atoms with van der Waals surface area (Å²) in [4.78, 5) is 9.68. The number of hydrogen-bond acceptors (Lipinski definition) is 3. The molecule has 1 aromatic heterocycles. The normalized spacial score (nSPS) is 10.7. The van der Waals surface area contributed by atoms with Crippen LogP contribution < -0.4 is 4.74 Å². The van der Waals surface area contributed by atoms with Crippen molar-refractivity contribution < 1.29 is 4.74 Å². The minimum absolute atomic E-state index is 0.399. The Morgan fingerprint density at radius 3 is 2.73 bits per heavy atom. The van der Waals surface area contributed by atoms with Gasteiger partial charge in [0.05, 0.1) is 16.6 Å². The quantitative estimate of drug-likeness (QED) is 0.680. The van der Waals surface area contributed by atoms with Crippen LogP contribution in [0.3, 0.4) is 0 Å². The molecule has 0 unspecified atom stereocenters. The van der Waals surface area contributed by atoms with Gasteiger partial charge in [0, 0.05) is 18.6 Å². The van der Waals surface area contributed by atoms with Crippen molar-refractivity contribution in [3.63, 3.8) is 0 Å². The first-order valence-electron chi connectivity index (χ1n) is 6.68. The molecule has 3 aromatic rings. The summed E-state index contributed by atoms with van der Waals surface area (Å²) >= 11 is 8.70. The number of ether oxygens (including phenoxy) is 1. The zero-order valence-electron chi connectivity index (χ0n) is 12.1. The number of halogens is 1. The number of benzene rings is 2. The lowest BCUT2D eigenvalue weighted by atomic mass is 10.2. The lowest BCUT2D eigenvalue weighted by Gasteiger charge is -2.16. The SMILES string of the molecule is CN(C)C(=S)Oc1cc(Br)ccc1-c1nc2ccccc2[nH]1. The van der Waals surface area contributed by atoms with E-state index < -0.39 is 0 Å². The second kappa shape index (κ2) is 6.06. The standard InChI is InChI=1S/C16H14BrN3OS/c1-20(2)16(22)21-14-9-10(17)7-8-11(14)15-18-12-5-3-4-6-13(12)19-15/h3-9H,1-2H3,(H,18,19). The van der Waals surface area contributed by atoms with E-state index in [0.29, 0.717) is 10.9 Å². The van der Waals surface area contributed by atoms with Crippen LogP contribution in [0.4, 0.5) is 0 Å². The minimum atomic E-state index is 0.399. The van der Waals surface area contributed by atoms with E-state index in [1.165, 1.54) is 0 Å². The molecule has 0 aliphatic carbocycles. The van der Waals surface area contributed by atoms with Crippen LogP contribution in [0.5, 0.6) is 5.75 Å². The Labute approximate surface area is 142 Å². The van der Waals surface area contributed by atoms with E-state index in [4.69, 9.17) is 17.0 Å². The van der Waals surface area contributed by atoms with E-state index in [9.17, 15) is 0 Å². The van der Waals surface area contributed by atoms with Gasteiger partial charge in [0.1, 0.15) is 11.6 Å². The Kier molecular flexibility index (Phi) is 4.13. The molecule has 2 aromatic carbocycles. The molecule has 0 fully saturated rings. The maximum atomic E-state index is 5.81. The Bertz CT molecular complexity index is 811. The number of thiocarbonyl (C=S) groups is 1. The number of aromatic nitrogens is 2. The van der Waals surface area contributed by atoms with Gasteiger partial charge in [0.15, 0.2) is 0 Å². The van der Waals surface area contributed by atoms with Crippen LogP contribution >= 0.6 is 28.1 Å². The van der Waals surface area contributed by atoms with E-state index in [1.54, 1.807) is 4.90 Å². The fourth-order valence-electron chi connectivity index (χ4n) is 2.04. The summed E-state index contributed by atoms with van der Waals surface area (Å²) in [5.74, 6) is 1.41. The highest BCUT2D eigenvalue weighted by atomic mass is 79.9. The second-order valence-electron chi connectivity index (χ2n) is 5.01. The molecule has 0 amide bonds. The third-order valence-corrected chi connectivity index (χ3v) is 4.09. The zero-order valence-corrected chi connectivity index (χ0v) is 14.5. The molecule has 0 radical (unpaired) electrons. The van der Waals surface area contributed by atoms with E-state index in [0.717, 1.165) is 26.9 Å². The summed E-state index contributed by atoms with van der Waals surface area (Å²) < 4.78 is 6.73. The van der Waals surface area contributed by atoms with Crippen molar-refractivity contribution in [2.45, 2.75) is 0 Å². The van der Waals surface area contributed by atoms with Gasteiger partial charge in [-0.1, -0.05) is 28.1 Å². The summed E-state index contributed by atoms with van der Waals surface area (Å²) in [5, 5.41) is 0.399. The highest BCUT2D eigenvalue weighted by molar-refractivity contribution is 9.10. The number of H-pyrrole nitrogens is 1. The molecule has 1 N–H and O–H groups in total. The van der Waals surface area contributed by atoms with Gasteiger partial charge in [-0.3, -0.25) is 0 Å². The number of aromatic amines is 1. The van der Waals surface area contributed by atoms with Gasteiger partial charge in [-0.25, -0.2) is 4.98 Å². The number of hydrogen-bond donors (Lipinski definition) is 1. The third-order valence-electron chi connectivity index (χ3n) is 3.15. The van der Waals surface area contributed by atoms with Crippen molar-refractivity contribution in [1.82, 2.24) is 14.9 Å². The molecular formula is C16H14BrN3OS. The summed E-state index contributed by atoms with van der Waals surface area (Å²) in [6, 6.07) is 13.7. The topological polar surface area (TPSA) is 41.1 Å². The number of nitrogens with zero attached hydrogens (tertiary/aromatic N) is 2. The van der Waals surface area contributed by atoms with Gasteiger partial charge in [-0.15, -0.1) is 0 Å². The van der Waals surface area contributed by atoms with Crippen LogP contribution in [-0.4, -0.2) is 34.1 Å². The molecule has 3 rings (SSSR count). The molecule has 0 aliphatic rings. The fraction of sp³-hybridized carbons (Fsp3) is 0.125. The average Bonchev–Trinajstić information content (AvgIpc) is 2.90. The maximum Gasteiger partial charge on any atom is 0.264 e.